The maximum Gasteiger partial charge on any atom is 0.325 e. The molecule has 188 valence electrons. The second kappa shape index (κ2) is 8.36. The number of halogens is 1. The van der Waals surface area contributed by atoms with Gasteiger partial charge in [0.15, 0.2) is 6.20 Å². The van der Waals surface area contributed by atoms with Crippen molar-refractivity contribution in [3.63, 3.8) is 0 Å². The van der Waals surface area contributed by atoms with Crippen molar-refractivity contribution in [1.29, 1.82) is 0 Å². The zero-order valence-corrected chi connectivity index (χ0v) is 22.2. The van der Waals surface area contributed by atoms with Gasteiger partial charge in [-0.2, -0.15) is 4.57 Å². The Hall–Kier alpha value is -2.34. The minimum Gasteiger partial charge on any atom is -0.437 e. The molecule has 3 unspecified atom stereocenters. The standard InChI is InChI=1S/C29H39FN3O2/c1-8-28(7)21-15-19(30)12-13-20(21)25-24(18(5)6)31-22(17(3)4)16-33(25)29(28,9-2)27-32-14-10-11-23(32)26(34)35-27/h12-13,15-18,23,27H,8-11,14H2,1-7H3/q+1/t23?,27?,28?,29-/m0/s1. The van der Waals surface area contributed by atoms with Gasteiger partial charge >= 0.3 is 5.97 Å². The number of hydrogen-bond acceptors (Lipinski definition) is 4. The first-order chi connectivity index (χ1) is 16.6. The molecule has 0 spiro atoms. The fourth-order valence-corrected chi connectivity index (χ4v) is 7.06. The molecule has 6 heteroatoms. The fraction of sp³-hybridized carbons (Fsp3) is 0.621. The zero-order valence-electron chi connectivity index (χ0n) is 22.2. The van der Waals surface area contributed by atoms with Crippen molar-refractivity contribution >= 4 is 5.97 Å². The van der Waals surface area contributed by atoms with Gasteiger partial charge in [0, 0.05) is 24.8 Å². The summed E-state index contributed by atoms with van der Waals surface area (Å²) in [6, 6.07) is 5.01. The average molecular weight is 481 g/mol. The van der Waals surface area contributed by atoms with Crippen molar-refractivity contribution in [2.75, 3.05) is 6.54 Å². The third kappa shape index (κ3) is 3.18. The molecule has 0 bridgehead atoms. The zero-order chi connectivity index (χ0) is 25.3. The molecular formula is C29H39FN3O2+. The average Bonchev–Trinajstić information content (AvgIpc) is 3.43. The van der Waals surface area contributed by atoms with E-state index < -0.39 is 17.2 Å². The summed E-state index contributed by atoms with van der Waals surface area (Å²) < 4.78 is 23.6. The first kappa shape index (κ1) is 24.4. The van der Waals surface area contributed by atoms with E-state index in [4.69, 9.17) is 9.72 Å². The summed E-state index contributed by atoms with van der Waals surface area (Å²) in [5.74, 6) is 0.0717. The van der Waals surface area contributed by atoms with Crippen LogP contribution in [0.2, 0.25) is 0 Å². The Bertz CT molecular complexity index is 1180. The Morgan fingerprint density at radius 3 is 2.57 bits per heavy atom. The van der Waals surface area contributed by atoms with Crippen molar-refractivity contribution in [3.05, 3.63) is 47.2 Å². The SMILES string of the molecule is CCC1(C)c2cc(F)ccc2-c2c(C(C)C)nc(C(C)C)c[n+]2[C@@]1(CC)C1OC(=O)C2CCCN21. The molecule has 3 aliphatic rings. The van der Waals surface area contributed by atoms with Crippen molar-refractivity contribution < 1.29 is 18.5 Å². The Kier molecular flexibility index (Phi) is 5.82. The minimum atomic E-state index is -0.608. The van der Waals surface area contributed by atoms with Crippen LogP contribution in [0.25, 0.3) is 11.3 Å². The smallest absolute Gasteiger partial charge is 0.325 e. The third-order valence-electron chi connectivity index (χ3n) is 9.10. The third-order valence-corrected chi connectivity index (χ3v) is 9.10. The first-order valence-corrected chi connectivity index (χ1v) is 13.3. The van der Waals surface area contributed by atoms with Crippen molar-refractivity contribution in [2.45, 2.75) is 109 Å². The second-order valence-corrected chi connectivity index (χ2v) is 11.4. The van der Waals surface area contributed by atoms with Crippen molar-refractivity contribution in [3.8, 4) is 11.3 Å². The molecule has 0 saturated carbocycles. The summed E-state index contributed by atoms with van der Waals surface area (Å²) in [5, 5.41) is 0. The number of hydrogen-bond donors (Lipinski definition) is 0. The fourth-order valence-electron chi connectivity index (χ4n) is 7.06. The van der Waals surface area contributed by atoms with Gasteiger partial charge in [0.25, 0.3) is 0 Å². The summed E-state index contributed by atoms with van der Waals surface area (Å²) in [7, 11) is 0. The Labute approximate surface area is 208 Å². The normalized spacial score (nSPS) is 29.9. The molecule has 35 heavy (non-hydrogen) atoms. The quantitative estimate of drug-likeness (QED) is 0.415. The summed E-state index contributed by atoms with van der Waals surface area (Å²) in [6.07, 6.45) is 5.14. The van der Waals surface area contributed by atoms with E-state index >= 15 is 0 Å². The number of esters is 1. The topological polar surface area (TPSA) is 46.3 Å². The highest BCUT2D eigenvalue weighted by molar-refractivity contribution is 5.78. The maximum absolute atomic E-state index is 14.9. The van der Waals surface area contributed by atoms with Crippen LogP contribution in [-0.2, 0) is 20.5 Å². The number of cyclic esters (lactones) is 1. The lowest BCUT2D eigenvalue weighted by Gasteiger charge is -2.51. The van der Waals surface area contributed by atoms with Gasteiger partial charge in [-0.3, -0.25) is 4.79 Å². The molecule has 4 atom stereocenters. The minimum absolute atomic E-state index is 0.117. The van der Waals surface area contributed by atoms with Crippen LogP contribution >= 0.6 is 0 Å². The summed E-state index contributed by atoms with van der Waals surface area (Å²) in [5.41, 5.74) is 4.02. The van der Waals surface area contributed by atoms with E-state index in [0.29, 0.717) is 0 Å². The predicted molar refractivity (Wildman–Crippen MR) is 134 cm³/mol. The van der Waals surface area contributed by atoms with Gasteiger partial charge in [0.2, 0.25) is 17.5 Å². The van der Waals surface area contributed by atoms with Crippen LogP contribution in [0.5, 0.6) is 0 Å². The molecule has 0 radical (unpaired) electrons. The Morgan fingerprint density at radius 1 is 1.20 bits per heavy atom. The number of nitrogens with zero attached hydrogens (tertiary/aromatic N) is 3. The van der Waals surface area contributed by atoms with E-state index in [2.05, 4.69) is 64.1 Å². The van der Waals surface area contributed by atoms with Gasteiger partial charge in [-0.25, -0.2) is 14.3 Å². The molecule has 0 aliphatic carbocycles. The molecule has 0 N–H and O–H groups in total. The van der Waals surface area contributed by atoms with Gasteiger partial charge in [-0.1, -0.05) is 41.5 Å². The number of carbonyl (C=O) groups is 1. The number of aromatic nitrogens is 2. The lowest BCUT2D eigenvalue weighted by Crippen LogP contribution is -2.76. The Balaban J connectivity index is 1.93. The van der Waals surface area contributed by atoms with E-state index in [1.54, 1.807) is 12.1 Å². The highest BCUT2D eigenvalue weighted by Crippen LogP contribution is 2.55. The van der Waals surface area contributed by atoms with Gasteiger partial charge in [0.1, 0.15) is 23.2 Å². The molecule has 2 aromatic rings. The predicted octanol–water partition coefficient (Wildman–Crippen LogP) is 5.56. The second-order valence-electron chi connectivity index (χ2n) is 11.4. The Morgan fingerprint density at radius 2 is 1.94 bits per heavy atom. The lowest BCUT2D eigenvalue weighted by molar-refractivity contribution is -0.781. The van der Waals surface area contributed by atoms with Crippen LogP contribution in [0.3, 0.4) is 0 Å². The molecule has 1 aromatic heterocycles. The molecule has 2 saturated heterocycles. The number of carbonyl (C=O) groups excluding carboxylic acids is 1. The number of benzene rings is 1. The summed E-state index contributed by atoms with van der Waals surface area (Å²) in [6.45, 7) is 16.1. The molecule has 0 amide bonds. The lowest BCUT2D eigenvalue weighted by atomic mass is 9.58. The van der Waals surface area contributed by atoms with Crippen molar-refractivity contribution in [2.24, 2.45) is 0 Å². The van der Waals surface area contributed by atoms with Gasteiger partial charge < -0.3 is 4.74 Å². The van der Waals surface area contributed by atoms with Crippen LogP contribution in [0.1, 0.15) is 103 Å². The highest BCUT2D eigenvalue weighted by atomic mass is 19.1. The van der Waals surface area contributed by atoms with E-state index in [-0.39, 0.29) is 29.7 Å². The van der Waals surface area contributed by atoms with Crippen LogP contribution in [0.15, 0.2) is 24.4 Å². The van der Waals surface area contributed by atoms with Crippen molar-refractivity contribution in [1.82, 2.24) is 9.88 Å². The van der Waals surface area contributed by atoms with Crippen LogP contribution in [-0.4, -0.2) is 34.7 Å². The van der Waals surface area contributed by atoms with E-state index in [0.717, 1.165) is 60.4 Å². The first-order valence-electron chi connectivity index (χ1n) is 13.3. The molecule has 5 nitrogen and oxygen atoms in total. The molecule has 5 rings (SSSR count). The van der Waals surface area contributed by atoms with Crippen LogP contribution in [0.4, 0.5) is 4.39 Å². The number of fused-ring (bicyclic) bond motifs is 4. The molecule has 2 fully saturated rings. The van der Waals surface area contributed by atoms with Gasteiger partial charge in [-0.05, 0) is 49.9 Å². The molecule has 4 heterocycles. The van der Waals surface area contributed by atoms with Crippen LogP contribution in [0, 0.1) is 5.82 Å². The van der Waals surface area contributed by atoms with Gasteiger partial charge in [0.05, 0.1) is 11.0 Å². The number of ether oxygens (including phenoxy) is 1. The molecule has 1 aromatic carbocycles. The highest BCUT2D eigenvalue weighted by Gasteiger charge is 2.70. The van der Waals surface area contributed by atoms with E-state index in [1.807, 2.05) is 6.07 Å². The van der Waals surface area contributed by atoms with Gasteiger partial charge in [-0.15, -0.1) is 0 Å². The summed E-state index contributed by atoms with van der Waals surface area (Å²) >= 11 is 0. The number of rotatable bonds is 5. The monoisotopic (exact) mass is 480 g/mol. The molecular weight excluding hydrogens is 441 g/mol. The van der Waals surface area contributed by atoms with Crippen LogP contribution < -0.4 is 4.57 Å². The van der Waals surface area contributed by atoms with E-state index in [1.165, 1.54) is 0 Å². The largest absolute Gasteiger partial charge is 0.437 e. The maximum atomic E-state index is 14.9. The molecule has 3 aliphatic heterocycles. The van der Waals surface area contributed by atoms with E-state index in [9.17, 15) is 9.18 Å². The summed E-state index contributed by atoms with van der Waals surface area (Å²) in [4.78, 5) is 20.5.